The van der Waals surface area contributed by atoms with E-state index in [1.54, 1.807) is 7.11 Å². The van der Waals surface area contributed by atoms with Gasteiger partial charge in [0.05, 0.1) is 13.7 Å². The zero-order valence-electron chi connectivity index (χ0n) is 14.5. The van der Waals surface area contributed by atoms with Gasteiger partial charge in [0.15, 0.2) is 5.76 Å². The maximum absolute atomic E-state index is 12.3. The number of aryl methyl sites for hydroxylation is 2. The number of methoxy groups -OCH3 is 1. The van der Waals surface area contributed by atoms with E-state index in [1.807, 2.05) is 62.4 Å². The summed E-state index contributed by atoms with van der Waals surface area (Å²) in [7, 11) is 1.62. The number of aromatic nitrogens is 1. The molecule has 1 N–H and O–H groups in total. The van der Waals surface area contributed by atoms with Crippen LogP contribution in [0.4, 0.5) is 0 Å². The number of hydrogen-bond acceptors (Lipinski definition) is 4. The molecule has 0 radical (unpaired) electrons. The number of carbonyl (C=O) groups is 1. The lowest BCUT2D eigenvalue weighted by Gasteiger charge is -2.05. The monoisotopic (exact) mass is 336 g/mol. The molecule has 0 aliphatic carbocycles. The second-order valence-corrected chi connectivity index (χ2v) is 5.90. The van der Waals surface area contributed by atoms with Crippen LogP contribution in [0.2, 0.25) is 0 Å². The Morgan fingerprint density at radius 1 is 1.12 bits per heavy atom. The number of amides is 1. The molecule has 5 nitrogen and oxygen atoms in total. The third kappa shape index (κ3) is 3.88. The molecule has 3 rings (SSSR count). The quantitative estimate of drug-likeness (QED) is 0.767. The van der Waals surface area contributed by atoms with Crippen molar-refractivity contribution in [2.24, 2.45) is 0 Å². The summed E-state index contributed by atoms with van der Waals surface area (Å²) in [6.45, 7) is 4.32. The Labute approximate surface area is 146 Å². The molecular weight excluding hydrogens is 316 g/mol. The number of hydrogen-bond donors (Lipinski definition) is 1. The van der Waals surface area contributed by atoms with Gasteiger partial charge in [-0.2, -0.15) is 0 Å². The van der Waals surface area contributed by atoms with Crippen LogP contribution in [0.3, 0.4) is 0 Å². The van der Waals surface area contributed by atoms with E-state index in [-0.39, 0.29) is 5.91 Å². The van der Waals surface area contributed by atoms with Gasteiger partial charge in [0.2, 0.25) is 0 Å². The van der Waals surface area contributed by atoms with Crippen LogP contribution in [-0.4, -0.2) is 18.2 Å². The number of nitrogens with one attached hydrogen (secondary N) is 1. The SMILES string of the molecule is COc1cccc(-c2cc(CNC(=O)c3ccc(C)c(C)c3)no2)c1. The first-order valence-corrected chi connectivity index (χ1v) is 8.02. The Kier molecular flexibility index (Phi) is 4.84. The van der Waals surface area contributed by atoms with Gasteiger partial charge in [-0.15, -0.1) is 0 Å². The molecule has 1 heterocycles. The predicted octanol–water partition coefficient (Wildman–Crippen LogP) is 3.90. The van der Waals surface area contributed by atoms with Gasteiger partial charge in [0, 0.05) is 17.2 Å². The second-order valence-electron chi connectivity index (χ2n) is 5.90. The van der Waals surface area contributed by atoms with Crippen LogP contribution in [-0.2, 0) is 6.54 Å². The average molecular weight is 336 g/mol. The van der Waals surface area contributed by atoms with Gasteiger partial charge >= 0.3 is 0 Å². The van der Waals surface area contributed by atoms with Gasteiger partial charge in [-0.1, -0.05) is 23.4 Å². The lowest BCUT2D eigenvalue weighted by molar-refractivity contribution is 0.0950. The summed E-state index contributed by atoms with van der Waals surface area (Å²) >= 11 is 0. The van der Waals surface area contributed by atoms with Crippen LogP contribution in [0.25, 0.3) is 11.3 Å². The summed E-state index contributed by atoms with van der Waals surface area (Å²) in [5.41, 5.74) is 4.43. The summed E-state index contributed by atoms with van der Waals surface area (Å²) in [5.74, 6) is 1.25. The highest BCUT2D eigenvalue weighted by Crippen LogP contribution is 2.24. The Hall–Kier alpha value is -3.08. The average Bonchev–Trinajstić information content (AvgIpc) is 3.11. The van der Waals surface area contributed by atoms with Crippen molar-refractivity contribution in [3.8, 4) is 17.1 Å². The van der Waals surface area contributed by atoms with Crippen molar-refractivity contribution >= 4 is 5.91 Å². The molecule has 0 saturated heterocycles. The molecule has 2 aromatic carbocycles. The maximum atomic E-state index is 12.3. The minimum absolute atomic E-state index is 0.131. The molecule has 0 aliphatic rings. The summed E-state index contributed by atoms with van der Waals surface area (Å²) in [6, 6.07) is 15.0. The standard InChI is InChI=1S/C20H20N2O3/c1-13-7-8-16(9-14(13)2)20(23)21-12-17-11-19(25-22-17)15-5-4-6-18(10-15)24-3/h4-11H,12H2,1-3H3,(H,21,23). The molecule has 0 fully saturated rings. The van der Waals surface area contributed by atoms with Crippen LogP contribution in [0.15, 0.2) is 53.1 Å². The molecule has 0 bridgehead atoms. The Morgan fingerprint density at radius 3 is 2.72 bits per heavy atom. The summed E-state index contributed by atoms with van der Waals surface area (Å²) < 4.78 is 10.6. The first kappa shape index (κ1) is 16.8. The van der Waals surface area contributed by atoms with E-state index in [9.17, 15) is 4.79 Å². The summed E-state index contributed by atoms with van der Waals surface area (Å²) in [4.78, 5) is 12.3. The fourth-order valence-corrected chi connectivity index (χ4v) is 2.46. The van der Waals surface area contributed by atoms with Gasteiger partial charge in [-0.3, -0.25) is 4.79 Å². The highest BCUT2D eigenvalue weighted by Gasteiger charge is 2.10. The highest BCUT2D eigenvalue weighted by atomic mass is 16.5. The van der Waals surface area contributed by atoms with Crippen molar-refractivity contribution < 1.29 is 14.1 Å². The number of nitrogens with zero attached hydrogens (tertiary/aromatic N) is 1. The van der Waals surface area contributed by atoms with Crippen LogP contribution >= 0.6 is 0 Å². The van der Waals surface area contributed by atoms with E-state index in [0.717, 1.165) is 22.4 Å². The van der Waals surface area contributed by atoms with Crippen LogP contribution in [0, 0.1) is 13.8 Å². The van der Waals surface area contributed by atoms with Crippen molar-refractivity contribution in [1.82, 2.24) is 10.5 Å². The second kappa shape index (κ2) is 7.21. The lowest BCUT2D eigenvalue weighted by atomic mass is 10.1. The Morgan fingerprint density at radius 2 is 1.96 bits per heavy atom. The molecule has 25 heavy (non-hydrogen) atoms. The van der Waals surface area contributed by atoms with E-state index in [4.69, 9.17) is 9.26 Å². The third-order valence-electron chi connectivity index (χ3n) is 4.11. The van der Waals surface area contributed by atoms with E-state index < -0.39 is 0 Å². The molecule has 3 aromatic rings. The lowest BCUT2D eigenvalue weighted by Crippen LogP contribution is -2.23. The van der Waals surface area contributed by atoms with Crippen molar-refractivity contribution in [3.63, 3.8) is 0 Å². The Balaban J connectivity index is 1.67. The minimum atomic E-state index is -0.131. The Bertz CT molecular complexity index is 899. The highest BCUT2D eigenvalue weighted by molar-refractivity contribution is 5.94. The van der Waals surface area contributed by atoms with E-state index in [0.29, 0.717) is 23.6 Å². The largest absolute Gasteiger partial charge is 0.497 e. The van der Waals surface area contributed by atoms with Gasteiger partial charge in [-0.05, 0) is 49.2 Å². The minimum Gasteiger partial charge on any atom is -0.497 e. The summed E-state index contributed by atoms with van der Waals surface area (Å²) in [5, 5.41) is 6.88. The fraction of sp³-hybridized carbons (Fsp3) is 0.200. The maximum Gasteiger partial charge on any atom is 0.251 e. The molecule has 0 atom stereocenters. The molecule has 0 saturated carbocycles. The van der Waals surface area contributed by atoms with Crippen molar-refractivity contribution in [1.29, 1.82) is 0 Å². The summed E-state index contributed by atoms with van der Waals surface area (Å²) in [6.07, 6.45) is 0. The fourth-order valence-electron chi connectivity index (χ4n) is 2.46. The van der Waals surface area contributed by atoms with Gasteiger partial charge in [0.25, 0.3) is 5.91 Å². The number of rotatable bonds is 5. The zero-order valence-corrected chi connectivity index (χ0v) is 14.5. The first-order valence-electron chi connectivity index (χ1n) is 8.02. The molecule has 5 heteroatoms. The molecule has 0 aliphatic heterocycles. The van der Waals surface area contributed by atoms with Crippen LogP contribution in [0.1, 0.15) is 27.2 Å². The predicted molar refractivity (Wildman–Crippen MR) is 95.6 cm³/mol. The van der Waals surface area contributed by atoms with Crippen LogP contribution in [0.5, 0.6) is 5.75 Å². The normalized spacial score (nSPS) is 10.5. The van der Waals surface area contributed by atoms with Gasteiger partial charge in [0.1, 0.15) is 11.4 Å². The van der Waals surface area contributed by atoms with E-state index in [2.05, 4.69) is 10.5 Å². The number of benzene rings is 2. The van der Waals surface area contributed by atoms with E-state index in [1.165, 1.54) is 0 Å². The van der Waals surface area contributed by atoms with Crippen molar-refractivity contribution in [2.45, 2.75) is 20.4 Å². The third-order valence-corrected chi connectivity index (χ3v) is 4.11. The number of carbonyl (C=O) groups excluding carboxylic acids is 1. The molecule has 1 amide bonds. The molecule has 1 aromatic heterocycles. The van der Waals surface area contributed by atoms with E-state index >= 15 is 0 Å². The molecule has 0 unspecified atom stereocenters. The zero-order chi connectivity index (χ0) is 17.8. The number of ether oxygens (including phenoxy) is 1. The van der Waals surface area contributed by atoms with Crippen molar-refractivity contribution in [2.75, 3.05) is 7.11 Å². The molecule has 0 spiro atoms. The van der Waals surface area contributed by atoms with Crippen molar-refractivity contribution in [3.05, 3.63) is 70.9 Å². The first-order chi connectivity index (χ1) is 12.1. The topological polar surface area (TPSA) is 64.4 Å². The van der Waals surface area contributed by atoms with Gasteiger partial charge in [-0.25, -0.2) is 0 Å². The molecule has 128 valence electrons. The van der Waals surface area contributed by atoms with Crippen LogP contribution < -0.4 is 10.1 Å². The smallest absolute Gasteiger partial charge is 0.251 e. The van der Waals surface area contributed by atoms with Gasteiger partial charge < -0.3 is 14.6 Å². The molecular formula is C20H20N2O3.